The molecule has 1 aliphatic carbocycles. The molecule has 2 atom stereocenters. The summed E-state index contributed by atoms with van der Waals surface area (Å²) in [5, 5.41) is 18.2. The van der Waals surface area contributed by atoms with Crippen LogP contribution in [0, 0.1) is 5.82 Å². The van der Waals surface area contributed by atoms with E-state index in [9.17, 15) is 14.3 Å². The van der Waals surface area contributed by atoms with E-state index in [0.717, 1.165) is 24.0 Å². The molecule has 140 valence electrons. The highest BCUT2D eigenvalue weighted by atomic mass is 19.1. The Morgan fingerprint density at radius 1 is 1.37 bits per heavy atom. The maximum absolute atomic E-state index is 13.2. The van der Waals surface area contributed by atoms with E-state index in [0.29, 0.717) is 17.6 Å². The van der Waals surface area contributed by atoms with Gasteiger partial charge in [0.05, 0.1) is 34.6 Å². The Bertz CT molecular complexity index is 1010. The van der Waals surface area contributed by atoms with Crippen LogP contribution in [0.25, 0.3) is 16.6 Å². The van der Waals surface area contributed by atoms with Gasteiger partial charge in [0.25, 0.3) is 5.91 Å². The van der Waals surface area contributed by atoms with Crippen molar-refractivity contribution in [1.29, 1.82) is 0 Å². The molecule has 0 aliphatic heterocycles. The van der Waals surface area contributed by atoms with Crippen molar-refractivity contribution in [3.63, 3.8) is 0 Å². The van der Waals surface area contributed by atoms with Gasteiger partial charge in [-0.05, 0) is 49.9 Å². The van der Waals surface area contributed by atoms with Crippen LogP contribution in [-0.2, 0) is 0 Å². The van der Waals surface area contributed by atoms with Crippen molar-refractivity contribution in [1.82, 2.24) is 9.61 Å². The third kappa shape index (κ3) is 3.14. The first-order valence-electron chi connectivity index (χ1n) is 8.91. The van der Waals surface area contributed by atoms with Crippen molar-refractivity contribution in [3.8, 4) is 11.1 Å². The van der Waals surface area contributed by atoms with Gasteiger partial charge in [-0.2, -0.15) is 5.10 Å². The average Bonchev–Trinajstić information content (AvgIpc) is 3.19. The fourth-order valence-corrected chi connectivity index (χ4v) is 3.75. The number of nitrogens with one attached hydrogen (secondary N) is 1. The van der Waals surface area contributed by atoms with Crippen LogP contribution in [-0.4, -0.2) is 32.3 Å². The summed E-state index contributed by atoms with van der Waals surface area (Å²) in [6, 6.07) is 7.86. The van der Waals surface area contributed by atoms with Crippen LogP contribution in [0.2, 0.25) is 0 Å². The summed E-state index contributed by atoms with van der Waals surface area (Å²) < 4.78 is 14.9. The van der Waals surface area contributed by atoms with Crippen LogP contribution in [0.5, 0.6) is 0 Å². The fourth-order valence-electron chi connectivity index (χ4n) is 3.75. The third-order valence-corrected chi connectivity index (χ3v) is 5.33. The highest BCUT2D eigenvalue weighted by molar-refractivity contribution is 6.02. The van der Waals surface area contributed by atoms with Crippen LogP contribution in [0.4, 0.5) is 10.1 Å². The smallest absolute Gasteiger partial charge is 0.252 e. The van der Waals surface area contributed by atoms with E-state index in [1.807, 2.05) is 12.3 Å². The number of halogens is 1. The van der Waals surface area contributed by atoms with Gasteiger partial charge in [0.2, 0.25) is 0 Å². The highest BCUT2D eigenvalue weighted by Gasteiger charge is 2.37. The van der Waals surface area contributed by atoms with Crippen molar-refractivity contribution in [2.75, 3.05) is 5.32 Å². The quantitative estimate of drug-likeness (QED) is 0.660. The van der Waals surface area contributed by atoms with E-state index in [1.54, 1.807) is 23.6 Å². The summed E-state index contributed by atoms with van der Waals surface area (Å²) in [7, 11) is 0. The zero-order valence-electron chi connectivity index (χ0n) is 14.9. The molecule has 1 fully saturated rings. The van der Waals surface area contributed by atoms with Crippen molar-refractivity contribution in [2.24, 2.45) is 5.73 Å². The molecule has 4 N–H and O–H groups in total. The van der Waals surface area contributed by atoms with E-state index in [2.05, 4.69) is 10.4 Å². The van der Waals surface area contributed by atoms with Crippen LogP contribution >= 0.6 is 0 Å². The monoisotopic (exact) mass is 368 g/mol. The summed E-state index contributed by atoms with van der Waals surface area (Å²) in [6.07, 6.45) is 5.63. The first kappa shape index (κ1) is 17.5. The molecule has 6 nitrogen and oxygen atoms in total. The van der Waals surface area contributed by atoms with Gasteiger partial charge in [0, 0.05) is 11.8 Å². The van der Waals surface area contributed by atoms with Crippen molar-refractivity contribution >= 4 is 17.1 Å². The van der Waals surface area contributed by atoms with Gasteiger partial charge < -0.3 is 16.2 Å². The Morgan fingerprint density at radius 3 is 2.74 bits per heavy atom. The maximum Gasteiger partial charge on any atom is 0.252 e. The van der Waals surface area contributed by atoms with Crippen LogP contribution in [0.15, 0.2) is 42.7 Å². The predicted molar refractivity (Wildman–Crippen MR) is 101 cm³/mol. The molecule has 0 saturated heterocycles. The predicted octanol–water partition coefficient (Wildman–Crippen LogP) is 2.95. The van der Waals surface area contributed by atoms with Crippen LogP contribution in [0.1, 0.15) is 36.5 Å². The molecule has 3 aromatic rings. The minimum Gasteiger partial charge on any atom is -0.388 e. The second-order valence-electron chi connectivity index (χ2n) is 7.31. The van der Waals surface area contributed by atoms with E-state index in [1.165, 1.54) is 18.3 Å². The Hall–Kier alpha value is -2.93. The first-order chi connectivity index (χ1) is 12.8. The number of aromatic nitrogens is 2. The molecule has 1 amide bonds. The molecular weight excluding hydrogens is 347 g/mol. The molecule has 0 radical (unpaired) electrons. The number of anilines is 1. The SMILES string of the molecule is C[C@@]1(O)CCC[C@H]1Nc1c(C(N)=O)cnn2cc(-c3ccc(F)cc3)cc12. The topological polar surface area (TPSA) is 92.6 Å². The van der Waals surface area contributed by atoms with Crippen LogP contribution < -0.4 is 11.1 Å². The number of nitrogens with zero attached hydrogens (tertiary/aromatic N) is 2. The molecule has 0 unspecified atom stereocenters. The van der Waals surface area contributed by atoms with Gasteiger partial charge in [-0.15, -0.1) is 0 Å². The van der Waals surface area contributed by atoms with E-state index >= 15 is 0 Å². The Labute approximate surface area is 155 Å². The number of hydrogen-bond acceptors (Lipinski definition) is 4. The zero-order chi connectivity index (χ0) is 19.2. The highest BCUT2D eigenvalue weighted by Crippen LogP contribution is 2.35. The summed E-state index contributed by atoms with van der Waals surface area (Å²) in [6.45, 7) is 1.79. The molecule has 1 saturated carbocycles. The van der Waals surface area contributed by atoms with Crippen LogP contribution in [0.3, 0.4) is 0 Å². The normalized spacial score (nSPS) is 22.3. The fraction of sp³-hybridized carbons (Fsp3) is 0.300. The van der Waals surface area contributed by atoms with Gasteiger partial charge in [-0.3, -0.25) is 4.79 Å². The van der Waals surface area contributed by atoms with Crippen molar-refractivity contribution < 1.29 is 14.3 Å². The summed E-state index contributed by atoms with van der Waals surface area (Å²) >= 11 is 0. The zero-order valence-corrected chi connectivity index (χ0v) is 14.9. The lowest BCUT2D eigenvalue weighted by Crippen LogP contribution is -2.40. The van der Waals surface area contributed by atoms with Gasteiger partial charge in [0.15, 0.2) is 0 Å². The number of aliphatic hydroxyl groups is 1. The van der Waals surface area contributed by atoms with Crippen molar-refractivity contribution in [3.05, 3.63) is 54.1 Å². The molecule has 2 heterocycles. The van der Waals surface area contributed by atoms with Gasteiger partial charge in [-0.1, -0.05) is 12.1 Å². The Kier molecular flexibility index (Phi) is 4.11. The number of primary amides is 1. The number of benzene rings is 1. The Morgan fingerprint density at radius 2 is 2.11 bits per heavy atom. The standard InChI is InChI=1S/C20H21FN4O2/c1-20(27)8-2-3-17(20)24-18-15(19(22)26)10-23-25-11-13(9-16(18)25)12-4-6-14(21)7-5-12/h4-7,9-11,17,24,27H,2-3,8H2,1H3,(H2,22,26)/t17-,20-/m1/s1. The van der Waals surface area contributed by atoms with E-state index < -0.39 is 11.5 Å². The number of carbonyl (C=O) groups is 1. The lowest BCUT2D eigenvalue weighted by Gasteiger charge is -2.28. The van der Waals surface area contributed by atoms with Gasteiger partial charge in [-0.25, -0.2) is 8.91 Å². The molecule has 1 aromatic carbocycles. The molecule has 0 bridgehead atoms. The van der Waals surface area contributed by atoms with E-state index in [-0.39, 0.29) is 17.4 Å². The summed E-state index contributed by atoms with van der Waals surface area (Å²) in [4.78, 5) is 11.9. The molecule has 4 rings (SSSR count). The molecule has 1 aliphatic rings. The number of nitrogens with two attached hydrogens (primary N) is 1. The lowest BCUT2D eigenvalue weighted by atomic mass is 10.00. The minimum atomic E-state index is -0.860. The number of hydrogen-bond donors (Lipinski definition) is 3. The molecule has 2 aromatic heterocycles. The maximum atomic E-state index is 13.2. The second-order valence-corrected chi connectivity index (χ2v) is 7.31. The average molecular weight is 368 g/mol. The number of fused-ring (bicyclic) bond motifs is 1. The Balaban J connectivity index is 1.82. The third-order valence-electron chi connectivity index (χ3n) is 5.33. The largest absolute Gasteiger partial charge is 0.388 e. The number of rotatable bonds is 4. The van der Waals surface area contributed by atoms with Gasteiger partial charge in [0.1, 0.15) is 5.82 Å². The minimum absolute atomic E-state index is 0.189. The summed E-state index contributed by atoms with van der Waals surface area (Å²) in [5.74, 6) is -0.892. The molecule has 7 heteroatoms. The second kappa shape index (κ2) is 6.35. The van der Waals surface area contributed by atoms with Gasteiger partial charge >= 0.3 is 0 Å². The first-order valence-corrected chi connectivity index (χ1v) is 8.91. The summed E-state index contributed by atoms with van der Waals surface area (Å²) in [5.41, 5.74) is 7.86. The molecule has 27 heavy (non-hydrogen) atoms. The number of carbonyl (C=O) groups excluding carboxylic acids is 1. The lowest BCUT2D eigenvalue weighted by molar-refractivity contribution is 0.0578. The van der Waals surface area contributed by atoms with E-state index in [4.69, 9.17) is 5.73 Å². The number of amides is 1. The molecule has 0 spiro atoms. The molecular formula is C20H21FN4O2. The van der Waals surface area contributed by atoms with Crippen molar-refractivity contribution in [2.45, 2.75) is 37.8 Å².